The Morgan fingerprint density at radius 1 is 1.59 bits per heavy atom. The fraction of sp³-hybridized carbons (Fsp3) is 0.455. The molecule has 17 heavy (non-hydrogen) atoms. The SMILES string of the molecule is CCOC(C)CNc1c(Cl)cccc1[N+](=O)[O-]. The van der Waals surface area contributed by atoms with Crippen LogP contribution in [0.2, 0.25) is 5.02 Å². The van der Waals surface area contributed by atoms with E-state index in [1.807, 2.05) is 13.8 Å². The molecular weight excluding hydrogens is 244 g/mol. The molecule has 1 unspecified atom stereocenters. The van der Waals surface area contributed by atoms with Crippen molar-refractivity contribution in [3.8, 4) is 0 Å². The van der Waals surface area contributed by atoms with Crippen molar-refractivity contribution in [2.45, 2.75) is 20.0 Å². The number of hydrogen-bond acceptors (Lipinski definition) is 4. The molecule has 0 radical (unpaired) electrons. The molecule has 0 aromatic heterocycles. The highest BCUT2D eigenvalue weighted by atomic mass is 35.5. The summed E-state index contributed by atoms with van der Waals surface area (Å²) in [7, 11) is 0. The highest BCUT2D eigenvalue weighted by Gasteiger charge is 2.16. The van der Waals surface area contributed by atoms with Crippen LogP contribution in [-0.2, 0) is 4.74 Å². The van der Waals surface area contributed by atoms with Crippen LogP contribution in [0.4, 0.5) is 11.4 Å². The van der Waals surface area contributed by atoms with Crippen molar-refractivity contribution in [2.24, 2.45) is 0 Å². The summed E-state index contributed by atoms with van der Waals surface area (Å²) in [5.74, 6) is 0. The number of nitrogens with one attached hydrogen (secondary N) is 1. The van der Waals surface area contributed by atoms with E-state index in [-0.39, 0.29) is 11.8 Å². The Morgan fingerprint density at radius 2 is 2.29 bits per heavy atom. The van der Waals surface area contributed by atoms with Gasteiger partial charge in [0.15, 0.2) is 0 Å². The maximum absolute atomic E-state index is 10.8. The van der Waals surface area contributed by atoms with Crippen LogP contribution in [0.1, 0.15) is 13.8 Å². The van der Waals surface area contributed by atoms with Crippen molar-refractivity contribution in [1.29, 1.82) is 0 Å². The average molecular weight is 259 g/mol. The molecule has 0 aliphatic heterocycles. The Morgan fingerprint density at radius 3 is 2.88 bits per heavy atom. The van der Waals surface area contributed by atoms with Gasteiger partial charge < -0.3 is 10.1 Å². The summed E-state index contributed by atoms with van der Waals surface area (Å²) in [5.41, 5.74) is 0.312. The van der Waals surface area contributed by atoms with Gasteiger partial charge in [0, 0.05) is 19.2 Å². The summed E-state index contributed by atoms with van der Waals surface area (Å²) in [4.78, 5) is 10.4. The van der Waals surface area contributed by atoms with Gasteiger partial charge in [-0.25, -0.2) is 0 Å². The van der Waals surface area contributed by atoms with Crippen LogP contribution in [0.25, 0.3) is 0 Å². The summed E-state index contributed by atoms with van der Waals surface area (Å²) in [6.45, 7) is 4.86. The molecule has 0 fully saturated rings. The standard InChI is InChI=1S/C11H15ClN2O3/c1-3-17-8(2)7-13-11-9(12)5-4-6-10(11)14(15)16/h4-6,8,13H,3,7H2,1-2H3. The van der Waals surface area contributed by atoms with Gasteiger partial charge in [-0.1, -0.05) is 17.7 Å². The second kappa shape index (κ2) is 6.42. The van der Waals surface area contributed by atoms with E-state index in [0.29, 0.717) is 23.9 Å². The fourth-order valence-corrected chi connectivity index (χ4v) is 1.67. The summed E-state index contributed by atoms with van der Waals surface area (Å²) < 4.78 is 5.33. The van der Waals surface area contributed by atoms with E-state index in [0.717, 1.165) is 0 Å². The first-order chi connectivity index (χ1) is 8.06. The summed E-state index contributed by atoms with van der Waals surface area (Å²) >= 11 is 5.93. The number of rotatable bonds is 6. The minimum absolute atomic E-state index is 0.0267. The minimum Gasteiger partial charge on any atom is -0.377 e. The smallest absolute Gasteiger partial charge is 0.293 e. The number of halogens is 1. The lowest BCUT2D eigenvalue weighted by molar-refractivity contribution is -0.383. The second-order valence-corrected chi connectivity index (χ2v) is 3.95. The Balaban J connectivity index is 2.79. The monoisotopic (exact) mass is 258 g/mol. The van der Waals surface area contributed by atoms with E-state index in [4.69, 9.17) is 16.3 Å². The number of benzene rings is 1. The van der Waals surface area contributed by atoms with E-state index in [9.17, 15) is 10.1 Å². The van der Waals surface area contributed by atoms with Gasteiger partial charge in [0.1, 0.15) is 5.69 Å². The number of para-hydroxylation sites is 1. The summed E-state index contributed by atoms with van der Waals surface area (Å²) in [5, 5.41) is 14.1. The first kappa shape index (κ1) is 13.7. The van der Waals surface area contributed by atoms with E-state index in [1.165, 1.54) is 6.07 Å². The maximum atomic E-state index is 10.8. The molecule has 5 nitrogen and oxygen atoms in total. The molecule has 1 atom stereocenters. The fourth-order valence-electron chi connectivity index (χ4n) is 1.43. The number of ether oxygens (including phenoxy) is 1. The van der Waals surface area contributed by atoms with Crippen molar-refractivity contribution in [2.75, 3.05) is 18.5 Å². The molecule has 0 spiro atoms. The van der Waals surface area contributed by atoms with Crippen LogP contribution in [0, 0.1) is 10.1 Å². The van der Waals surface area contributed by atoms with Crippen molar-refractivity contribution in [3.63, 3.8) is 0 Å². The molecule has 1 rings (SSSR count). The third kappa shape index (κ3) is 3.87. The molecule has 6 heteroatoms. The lowest BCUT2D eigenvalue weighted by Gasteiger charge is -2.14. The highest BCUT2D eigenvalue weighted by Crippen LogP contribution is 2.31. The van der Waals surface area contributed by atoms with Crippen LogP contribution in [0.5, 0.6) is 0 Å². The molecule has 0 bridgehead atoms. The average Bonchev–Trinajstić information content (AvgIpc) is 2.27. The Bertz CT molecular complexity index is 398. The molecule has 0 saturated heterocycles. The first-order valence-corrected chi connectivity index (χ1v) is 5.72. The zero-order valence-electron chi connectivity index (χ0n) is 9.77. The van der Waals surface area contributed by atoms with Crippen LogP contribution >= 0.6 is 11.6 Å². The van der Waals surface area contributed by atoms with E-state index >= 15 is 0 Å². The van der Waals surface area contributed by atoms with Crippen molar-refractivity contribution < 1.29 is 9.66 Å². The van der Waals surface area contributed by atoms with Gasteiger partial charge in [-0.3, -0.25) is 10.1 Å². The van der Waals surface area contributed by atoms with Crippen molar-refractivity contribution >= 4 is 23.0 Å². The third-order valence-electron chi connectivity index (χ3n) is 2.21. The zero-order chi connectivity index (χ0) is 12.8. The molecule has 0 amide bonds. The van der Waals surface area contributed by atoms with Gasteiger partial charge in [0.05, 0.1) is 16.0 Å². The summed E-state index contributed by atoms with van der Waals surface area (Å²) in [6.07, 6.45) is -0.0316. The molecule has 0 saturated carbocycles. The largest absolute Gasteiger partial charge is 0.377 e. The molecule has 1 aromatic rings. The lowest BCUT2D eigenvalue weighted by Crippen LogP contribution is -2.20. The Labute approximate surface area is 105 Å². The second-order valence-electron chi connectivity index (χ2n) is 3.54. The predicted molar refractivity (Wildman–Crippen MR) is 67.7 cm³/mol. The summed E-state index contributed by atoms with van der Waals surface area (Å²) in [6, 6.07) is 4.58. The highest BCUT2D eigenvalue weighted by molar-refractivity contribution is 6.33. The lowest BCUT2D eigenvalue weighted by atomic mass is 10.2. The van der Waals surface area contributed by atoms with E-state index in [2.05, 4.69) is 5.32 Å². The molecule has 1 N–H and O–H groups in total. The molecule has 0 heterocycles. The van der Waals surface area contributed by atoms with Crippen molar-refractivity contribution in [3.05, 3.63) is 33.3 Å². The molecular formula is C11H15ClN2O3. The number of hydrogen-bond donors (Lipinski definition) is 1. The van der Waals surface area contributed by atoms with Gasteiger partial charge in [-0.05, 0) is 19.9 Å². The Kier molecular flexibility index (Phi) is 5.18. The number of nitrogens with zero attached hydrogens (tertiary/aromatic N) is 1. The normalized spacial score (nSPS) is 12.2. The van der Waals surface area contributed by atoms with Crippen LogP contribution in [0.3, 0.4) is 0 Å². The Hall–Kier alpha value is -1.33. The van der Waals surface area contributed by atoms with Gasteiger partial charge in [0.25, 0.3) is 5.69 Å². The van der Waals surface area contributed by atoms with E-state index in [1.54, 1.807) is 12.1 Å². The molecule has 94 valence electrons. The number of anilines is 1. The van der Waals surface area contributed by atoms with Crippen molar-refractivity contribution in [1.82, 2.24) is 0 Å². The molecule has 0 aliphatic rings. The molecule has 0 aliphatic carbocycles. The number of nitro groups is 1. The van der Waals surface area contributed by atoms with E-state index < -0.39 is 4.92 Å². The van der Waals surface area contributed by atoms with Crippen LogP contribution in [-0.4, -0.2) is 24.2 Å². The molecule has 1 aromatic carbocycles. The predicted octanol–water partition coefficient (Wildman–Crippen LogP) is 3.09. The zero-order valence-corrected chi connectivity index (χ0v) is 10.5. The maximum Gasteiger partial charge on any atom is 0.293 e. The topological polar surface area (TPSA) is 64.4 Å². The first-order valence-electron chi connectivity index (χ1n) is 5.34. The quantitative estimate of drug-likeness (QED) is 0.629. The van der Waals surface area contributed by atoms with Gasteiger partial charge in [0.2, 0.25) is 0 Å². The number of nitro benzene ring substituents is 1. The minimum atomic E-state index is -0.459. The third-order valence-corrected chi connectivity index (χ3v) is 2.52. The van der Waals surface area contributed by atoms with Gasteiger partial charge >= 0.3 is 0 Å². The van der Waals surface area contributed by atoms with Gasteiger partial charge in [-0.15, -0.1) is 0 Å². The van der Waals surface area contributed by atoms with Crippen LogP contribution < -0.4 is 5.32 Å². The van der Waals surface area contributed by atoms with Crippen LogP contribution in [0.15, 0.2) is 18.2 Å². The van der Waals surface area contributed by atoms with Gasteiger partial charge in [-0.2, -0.15) is 0 Å².